The Morgan fingerprint density at radius 3 is 2.40 bits per heavy atom. The smallest absolute Gasteiger partial charge is 0.200 e. The molecule has 6 heteroatoms. The number of hydrogen-bond donors (Lipinski definition) is 0. The Morgan fingerprint density at radius 2 is 1.85 bits per heavy atom. The van der Waals surface area contributed by atoms with Crippen LogP contribution >= 0.6 is 11.6 Å². The second kappa shape index (κ2) is 4.90. The fourth-order valence-corrected chi connectivity index (χ4v) is 3.17. The van der Waals surface area contributed by atoms with E-state index < -0.39 is 14.6 Å². The van der Waals surface area contributed by atoms with Crippen molar-refractivity contribution in [1.29, 1.82) is 0 Å². The molecule has 0 N–H and O–H groups in total. The Morgan fingerprint density at radius 1 is 1.20 bits per heavy atom. The predicted molar refractivity (Wildman–Crippen MR) is 80.2 cm³/mol. The highest BCUT2D eigenvalue weighted by atomic mass is 35.5. The SMILES string of the molecule is COc1ccc2c(Cl)cc(S(=O)(=O)C(C)(C)C)nc2c1. The second-order valence-corrected chi connectivity index (χ2v) is 8.50. The average molecular weight is 314 g/mol. The summed E-state index contributed by atoms with van der Waals surface area (Å²) in [7, 11) is -2.01. The Bertz CT molecular complexity index is 764. The summed E-state index contributed by atoms with van der Waals surface area (Å²) in [6.07, 6.45) is 0. The van der Waals surface area contributed by atoms with Crippen LogP contribution in [0, 0.1) is 0 Å². The summed E-state index contributed by atoms with van der Waals surface area (Å²) >= 11 is 6.17. The van der Waals surface area contributed by atoms with Crippen molar-refractivity contribution >= 4 is 32.3 Å². The molecule has 4 nitrogen and oxygen atoms in total. The van der Waals surface area contributed by atoms with Crippen LogP contribution in [0.4, 0.5) is 0 Å². The molecule has 2 rings (SSSR count). The molecule has 0 atom stereocenters. The van der Waals surface area contributed by atoms with Crippen molar-refractivity contribution in [3.05, 3.63) is 29.3 Å². The molecule has 0 radical (unpaired) electrons. The van der Waals surface area contributed by atoms with E-state index in [-0.39, 0.29) is 5.03 Å². The van der Waals surface area contributed by atoms with Crippen LogP contribution in [0.2, 0.25) is 5.02 Å². The summed E-state index contributed by atoms with van der Waals surface area (Å²) in [6, 6.07) is 6.59. The summed E-state index contributed by atoms with van der Waals surface area (Å²) in [5.74, 6) is 0.603. The van der Waals surface area contributed by atoms with Crippen LogP contribution in [0.1, 0.15) is 20.8 Å². The van der Waals surface area contributed by atoms with Crippen molar-refractivity contribution < 1.29 is 13.2 Å². The molecule has 0 bridgehead atoms. The summed E-state index contributed by atoms with van der Waals surface area (Å²) in [4.78, 5) is 4.23. The maximum atomic E-state index is 12.5. The van der Waals surface area contributed by atoms with E-state index in [9.17, 15) is 8.42 Å². The van der Waals surface area contributed by atoms with Gasteiger partial charge in [-0.1, -0.05) is 11.6 Å². The van der Waals surface area contributed by atoms with Crippen LogP contribution < -0.4 is 4.74 Å². The molecule has 2 aromatic rings. The normalized spacial score (nSPS) is 12.7. The predicted octanol–water partition coefficient (Wildman–Crippen LogP) is 3.47. The number of sulfone groups is 1. The molecule has 1 heterocycles. The lowest BCUT2D eigenvalue weighted by atomic mass is 10.2. The minimum atomic E-state index is -3.55. The molecule has 0 saturated heterocycles. The van der Waals surface area contributed by atoms with Crippen molar-refractivity contribution in [3.8, 4) is 5.75 Å². The van der Waals surface area contributed by atoms with E-state index in [1.807, 2.05) is 0 Å². The number of rotatable bonds is 2. The lowest BCUT2D eigenvalue weighted by Crippen LogP contribution is -2.28. The maximum Gasteiger partial charge on any atom is 0.200 e. The third-order valence-electron chi connectivity index (χ3n) is 3.02. The van der Waals surface area contributed by atoms with Crippen molar-refractivity contribution in [2.24, 2.45) is 0 Å². The molecule has 20 heavy (non-hydrogen) atoms. The Kier molecular flexibility index (Phi) is 3.69. The standard InChI is InChI=1S/C14H16ClNO3S/c1-14(2,3)20(17,18)13-8-11(15)10-6-5-9(19-4)7-12(10)16-13/h5-8H,1-4H3. The van der Waals surface area contributed by atoms with Gasteiger partial charge in [0.15, 0.2) is 5.03 Å². The average Bonchev–Trinajstić information content (AvgIpc) is 2.36. The van der Waals surface area contributed by atoms with Gasteiger partial charge < -0.3 is 4.74 Å². The van der Waals surface area contributed by atoms with E-state index in [0.29, 0.717) is 21.7 Å². The highest BCUT2D eigenvalue weighted by Gasteiger charge is 2.32. The lowest BCUT2D eigenvalue weighted by Gasteiger charge is -2.19. The highest BCUT2D eigenvalue weighted by molar-refractivity contribution is 7.92. The van der Waals surface area contributed by atoms with Crippen molar-refractivity contribution in [2.75, 3.05) is 7.11 Å². The molecule has 0 saturated carbocycles. The van der Waals surface area contributed by atoms with E-state index in [1.165, 1.54) is 6.07 Å². The fraction of sp³-hybridized carbons (Fsp3) is 0.357. The van der Waals surface area contributed by atoms with Crippen molar-refractivity contribution in [1.82, 2.24) is 4.98 Å². The van der Waals surface area contributed by atoms with Crippen molar-refractivity contribution in [2.45, 2.75) is 30.5 Å². The molecular weight excluding hydrogens is 298 g/mol. The fourth-order valence-electron chi connectivity index (χ4n) is 1.72. The minimum Gasteiger partial charge on any atom is -0.497 e. The molecule has 0 aliphatic carbocycles. The molecule has 0 aliphatic rings. The number of aromatic nitrogens is 1. The van der Waals surface area contributed by atoms with Gasteiger partial charge in [-0.3, -0.25) is 0 Å². The molecule has 0 fully saturated rings. The Labute approximate surface area is 123 Å². The first kappa shape index (κ1) is 15.1. The van der Waals surface area contributed by atoms with Crippen molar-refractivity contribution in [3.63, 3.8) is 0 Å². The number of methoxy groups -OCH3 is 1. The van der Waals surface area contributed by atoms with Gasteiger partial charge in [0, 0.05) is 11.5 Å². The van der Waals surface area contributed by atoms with Gasteiger partial charge in [0.25, 0.3) is 0 Å². The first-order valence-electron chi connectivity index (χ1n) is 6.06. The van der Waals surface area contributed by atoms with Crippen LogP contribution in [-0.2, 0) is 9.84 Å². The second-order valence-electron chi connectivity index (χ2n) is 5.44. The number of pyridine rings is 1. The molecule has 0 spiro atoms. The maximum absolute atomic E-state index is 12.5. The zero-order valence-electron chi connectivity index (χ0n) is 11.8. The van der Waals surface area contributed by atoms with E-state index in [1.54, 1.807) is 46.1 Å². The molecule has 0 aliphatic heterocycles. The van der Waals surface area contributed by atoms with E-state index in [4.69, 9.17) is 16.3 Å². The zero-order valence-corrected chi connectivity index (χ0v) is 13.3. The van der Waals surface area contributed by atoms with Gasteiger partial charge in [-0.05, 0) is 39.0 Å². The molecule has 1 aromatic carbocycles. The number of fused-ring (bicyclic) bond motifs is 1. The number of ether oxygens (including phenoxy) is 1. The molecule has 0 unspecified atom stereocenters. The van der Waals surface area contributed by atoms with E-state index >= 15 is 0 Å². The van der Waals surface area contributed by atoms with Crippen LogP contribution in [-0.4, -0.2) is 25.3 Å². The van der Waals surface area contributed by atoms with Crippen LogP contribution in [0.15, 0.2) is 29.3 Å². The zero-order chi connectivity index (χ0) is 15.1. The van der Waals surface area contributed by atoms with Gasteiger partial charge in [-0.25, -0.2) is 13.4 Å². The van der Waals surface area contributed by atoms with Gasteiger partial charge >= 0.3 is 0 Å². The van der Waals surface area contributed by atoms with Gasteiger partial charge in [0.2, 0.25) is 9.84 Å². The number of halogens is 1. The highest BCUT2D eigenvalue weighted by Crippen LogP contribution is 2.31. The van der Waals surface area contributed by atoms with Gasteiger partial charge in [0.1, 0.15) is 5.75 Å². The van der Waals surface area contributed by atoms with E-state index in [2.05, 4.69) is 4.98 Å². The van der Waals surface area contributed by atoms with Crippen LogP contribution in [0.25, 0.3) is 10.9 Å². The van der Waals surface area contributed by atoms with Gasteiger partial charge in [-0.2, -0.15) is 0 Å². The van der Waals surface area contributed by atoms with Gasteiger partial charge in [-0.15, -0.1) is 0 Å². The van der Waals surface area contributed by atoms with Crippen LogP contribution in [0.3, 0.4) is 0 Å². The quantitative estimate of drug-likeness (QED) is 0.852. The van der Waals surface area contributed by atoms with Gasteiger partial charge in [0.05, 0.1) is 22.4 Å². The summed E-state index contributed by atoms with van der Waals surface area (Å²) in [6.45, 7) is 4.90. The molecule has 0 amide bonds. The monoisotopic (exact) mass is 313 g/mol. The number of nitrogens with zero attached hydrogens (tertiary/aromatic N) is 1. The Hall–Kier alpha value is -1.33. The summed E-state index contributed by atoms with van der Waals surface area (Å²) < 4.78 is 29.1. The molecular formula is C14H16ClNO3S. The first-order chi connectivity index (χ1) is 9.16. The molecule has 108 valence electrons. The third kappa shape index (κ3) is 2.47. The number of benzene rings is 1. The van der Waals surface area contributed by atoms with Crippen LogP contribution in [0.5, 0.6) is 5.75 Å². The third-order valence-corrected chi connectivity index (χ3v) is 5.71. The Balaban J connectivity index is 2.75. The minimum absolute atomic E-state index is 0.0178. The van der Waals surface area contributed by atoms with E-state index in [0.717, 1.165) is 0 Å². The first-order valence-corrected chi connectivity index (χ1v) is 7.92. The summed E-state index contributed by atoms with van der Waals surface area (Å²) in [5, 5.41) is 1.04. The molecule has 1 aromatic heterocycles. The summed E-state index contributed by atoms with van der Waals surface area (Å²) in [5.41, 5.74) is 0.500. The lowest BCUT2D eigenvalue weighted by molar-refractivity contribution is 0.415. The topological polar surface area (TPSA) is 56.3 Å². The largest absolute Gasteiger partial charge is 0.497 e. The number of hydrogen-bond acceptors (Lipinski definition) is 4.